The Labute approximate surface area is 163 Å². The first-order valence-corrected chi connectivity index (χ1v) is 12.5. The number of aryl methyl sites for hydroxylation is 2. The van der Waals surface area contributed by atoms with Crippen molar-refractivity contribution in [1.82, 2.24) is 0 Å². The van der Waals surface area contributed by atoms with Crippen LogP contribution in [0, 0.1) is 13.8 Å². The zero-order valence-electron chi connectivity index (χ0n) is 15.1. The van der Waals surface area contributed by atoms with Gasteiger partial charge in [0.05, 0.1) is 16.8 Å². The average Bonchev–Trinajstić information content (AvgIpc) is 2.47. The molecule has 2 aromatic carbocycles. The molecule has 0 heterocycles. The summed E-state index contributed by atoms with van der Waals surface area (Å²) in [6.45, 7) is 3.22. The first kappa shape index (κ1) is 22.1. The first-order valence-electron chi connectivity index (χ1n) is 7.54. The molecular weight excluding hydrogens is 430 g/mol. The van der Waals surface area contributed by atoms with Crippen LogP contribution < -0.4 is 19.7 Å². The molecule has 154 valence electrons. The number of anilines is 1. The molecule has 0 unspecified atom stereocenters. The molecule has 13 heteroatoms. The number of rotatable bonds is 6. The van der Waals surface area contributed by atoms with Crippen LogP contribution in [0.5, 0.6) is 11.5 Å². The molecule has 0 atom stereocenters. The molecule has 0 aliphatic heterocycles. The number of hydrogen-bond donors (Lipinski definition) is 3. The summed E-state index contributed by atoms with van der Waals surface area (Å²) in [5, 5.41) is 10.4. The predicted octanol–water partition coefficient (Wildman–Crippen LogP) is 0.762. The van der Waals surface area contributed by atoms with Crippen molar-refractivity contribution in [3.8, 4) is 11.5 Å². The lowest BCUT2D eigenvalue weighted by molar-refractivity contribution is 0.463. The van der Waals surface area contributed by atoms with Gasteiger partial charge in [-0.05, 0) is 43.2 Å². The van der Waals surface area contributed by atoms with Crippen LogP contribution in [0.4, 0.5) is 5.69 Å². The van der Waals surface area contributed by atoms with E-state index in [-0.39, 0.29) is 27.0 Å². The second kappa shape index (κ2) is 7.33. The quantitative estimate of drug-likeness (QED) is 0.583. The van der Waals surface area contributed by atoms with Gasteiger partial charge in [-0.25, -0.2) is 35.5 Å². The van der Waals surface area contributed by atoms with E-state index in [1.165, 1.54) is 6.07 Å². The van der Waals surface area contributed by atoms with E-state index in [2.05, 4.69) is 4.72 Å². The highest BCUT2D eigenvalue weighted by Gasteiger charge is 2.22. The molecule has 0 aliphatic carbocycles. The van der Waals surface area contributed by atoms with Crippen LogP contribution in [-0.2, 0) is 30.1 Å². The summed E-state index contributed by atoms with van der Waals surface area (Å²) in [7, 11) is -12.1. The second-order valence-corrected chi connectivity index (χ2v) is 11.0. The van der Waals surface area contributed by atoms with E-state index >= 15 is 0 Å². The summed E-state index contributed by atoms with van der Waals surface area (Å²) in [6, 6.07) is 6.10. The van der Waals surface area contributed by atoms with Crippen molar-refractivity contribution < 1.29 is 30.0 Å². The molecule has 2 rings (SSSR count). The van der Waals surface area contributed by atoms with Crippen molar-refractivity contribution in [2.45, 2.75) is 23.6 Å². The molecule has 0 amide bonds. The third-order valence-corrected chi connectivity index (χ3v) is 5.90. The van der Waals surface area contributed by atoms with E-state index in [0.29, 0.717) is 11.1 Å². The molecular formula is C15H19N3O7S3. The summed E-state index contributed by atoms with van der Waals surface area (Å²) >= 11 is 0. The molecule has 5 N–H and O–H groups in total. The number of ether oxygens (including phenoxy) is 1. The van der Waals surface area contributed by atoms with Gasteiger partial charge in [0.2, 0.25) is 30.1 Å². The lowest BCUT2D eigenvalue weighted by atomic mass is 10.1. The summed E-state index contributed by atoms with van der Waals surface area (Å²) in [5.74, 6) is -0.440. The van der Waals surface area contributed by atoms with E-state index in [1.807, 2.05) is 0 Å². The standard InChI is InChI=1S/C15H19N3O7S3/c1-9-6-10(2)15(14(7-9)28(17,23)24)25-13-8-11(27(16,21)22)4-5-12(13)18-26(3,19)20/h4-8,18H,1-3H3,(H2,16,21,22)(H2,17,23,24). The summed E-state index contributed by atoms with van der Waals surface area (Å²) in [5.41, 5.74) is 0.868. The van der Waals surface area contributed by atoms with E-state index in [0.717, 1.165) is 24.5 Å². The van der Waals surface area contributed by atoms with Gasteiger partial charge < -0.3 is 4.74 Å². The van der Waals surface area contributed by atoms with Crippen molar-refractivity contribution in [2.75, 3.05) is 11.0 Å². The van der Waals surface area contributed by atoms with Crippen LogP contribution in [0.3, 0.4) is 0 Å². The van der Waals surface area contributed by atoms with Crippen molar-refractivity contribution >= 4 is 35.8 Å². The van der Waals surface area contributed by atoms with Gasteiger partial charge in [-0.2, -0.15) is 0 Å². The number of sulfonamides is 3. The molecule has 28 heavy (non-hydrogen) atoms. The minimum Gasteiger partial charge on any atom is -0.453 e. The highest BCUT2D eigenvalue weighted by Crippen LogP contribution is 2.37. The second-order valence-electron chi connectivity index (χ2n) is 6.13. The molecule has 0 fully saturated rings. The third-order valence-electron chi connectivity index (χ3n) is 3.48. The van der Waals surface area contributed by atoms with Gasteiger partial charge in [0.25, 0.3) is 0 Å². The molecule has 0 bridgehead atoms. The number of nitrogens with one attached hydrogen (secondary N) is 1. The van der Waals surface area contributed by atoms with Gasteiger partial charge in [0.1, 0.15) is 10.6 Å². The van der Waals surface area contributed by atoms with Gasteiger partial charge in [0, 0.05) is 6.07 Å². The molecule has 2 aromatic rings. The van der Waals surface area contributed by atoms with E-state index in [1.54, 1.807) is 19.9 Å². The number of benzene rings is 2. The fourth-order valence-corrected chi connectivity index (χ4v) is 4.32. The summed E-state index contributed by atoms with van der Waals surface area (Å²) < 4.78 is 78.2. The smallest absolute Gasteiger partial charge is 0.241 e. The van der Waals surface area contributed by atoms with Gasteiger partial charge >= 0.3 is 0 Å². The monoisotopic (exact) mass is 449 g/mol. The Balaban J connectivity index is 2.75. The lowest BCUT2D eigenvalue weighted by Crippen LogP contribution is -2.16. The zero-order valence-corrected chi connectivity index (χ0v) is 17.6. The first-order chi connectivity index (χ1) is 12.6. The van der Waals surface area contributed by atoms with Crippen LogP contribution in [0.25, 0.3) is 0 Å². The Bertz CT molecular complexity index is 1250. The SMILES string of the molecule is Cc1cc(C)c(Oc2cc(S(N)(=O)=O)ccc2NS(C)(=O)=O)c(S(N)(=O)=O)c1. The Hall–Kier alpha value is -2.19. The minimum atomic E-state index is -4.19. The Morgan fingerprint density at radius 2 is 1.50 bits per heavy atom. The zero-order chi connectivity index (χ0) is 21.5. The van der Waals surface area contributed by atoms with Crippen molar-refractivity contribution in [3.63, 3.8) is 0 Å². The van der Waals surface area contributed by atoms with Crippen molar-refractivity contribution in [1.29, 1.82) is 0 Å². The maximum atomic E-state index is 12.0. The van der Waals surface area contributed by atoms with Crippen LogP contribution in [0.2, 0.25) is 0 Å². The number of nitrogens with two attached hydrogens (primary N) is 2. The van der Waals surface area contributed by atoms with E-state index in [9.17, 15) is 25.3 Å². The fraction of sp³-hybridized carbons (Fsp3) is 0.200. The average molecular weight is 450 g/mol. The molecule has 10 nitrogen and oxygen atoms in total. The van der Waals surface area contributed by atoms with Gasteiger partial charge in [-0.1, -0.05) is 6.07 Å². The van der Waals surface area contributed by atoms with Gasteiger partial charge in [-0.15, -0.1) is 0 Å². The molecule has 0 saturated carbocycles. The Morgan fingerprint density at radius 1 is 0.893 bits per heavy atom. The van der Waals surface area contributed by atoms with E-state index in [4.69, 9.17) is 15.0 Å². The maximum Gasteiger partial charge on any atom is 0.241 e. The third kappa shape index (κ3) is 5.42. The van der Waals surface area contributed by atoms with Crippen LogP contribution in [-0.4, -0.2) is 31.5 Å². The van der Waals surface area contributed by atoms with Crippen molar-refractivity contribution in [2.24, 2.45) is 10.3 Å². The summed E-state index contributed by atoms with van der Waals surface area (Å²) in [6.07, 6.45) is 0.886. The van der Waals surface area contributed by atoms with Crippen molar-refractivity contribution in [3.05, 3.63) is 41.5 Å². The fourth-order valence-electron chi connectivity index (χ4n) is 2.42. The highest BCUT2D eigenvalue weighted by molar-refractivity contribution is 7.92. The summed E-state index contributed by atoms with van der Waals surface area (Å²) in [4.78, 5) is -0.695. The highest BCUT2D eigenvalue weighted by atomic mass is 32.2. The number of hydrogen-bond acceptors (Lipinski definition) is 7. The molecule has 0 radical (unpaired) electrons. The topological polar surface area (TPSA) is 176 Å². The van der Waals surface area contributed by atoms with Crippen LogP contribution >= 0.6 is 0 Å². The van der Waals surface area contributed by atoms with E-state index < -0.39 is 30.1 Å². The number of primary sulfonamides is 2. The van der Waals surface area contributed by atoms with Gasteiger partial charge in [0.15, 0.2) is 5.75 Å². The molecule has 0 aliphatic rings. The minimum absolute atomic E-state index is 0.116. The van der Waals surface area contributed by atoms with Crippen LogP contribution in [0.15, 0.2) is 40.1 Å². The Morgan fingerprint density at radius 3 is 2.00 bits per heavy atom. The lowest BCUT2D eigenvalue weighted by Gasteiger charge is -2.17. The largest absolute Gasteiger partial charge is 0.453 e. The normalized spacial score (nSPS) is 12.6. The molecule has 0 aromatic heterocycles. The van der Waals surface area contributed by atoms with Crippen LogP contribution in [0.1, 0.15) is 11.1 Å². The maximum absolute atomic E-state index is 12.0. The Kier molecular flexibility index (Phi) is 5.78. The predicted molar refractivity (Wildman–Crippen MR) is 104 cm³/mol. The molecule has 0 spiro atoms. The van der Waals surface area contributed by atoms with Gasteiger partial charge in [-0.3, -0.25) is 4.72 Å². The molecule has 0 saturated heterocycles.